The Morgan fingerprint density at radius 2 is 2.00 bits per heavy atom. The van der Waals surface area contributed by atoms with Gasteiger partial charge in [0.1, 0.15) is 0 Å². The molecule has 3 N–H and O–H groups in total. The number of nitrogens with one attached hydrogen (secondary N) is 1. The first kappa shape index (κ1) is 8.36. The molecule has 11 heavy (non-hydrogen) atoms. The summed E-state index contributed by atoms with van der Waals surface area (Å²) in [4.78, 5) is 2.84. The van der Waals surface area contributed by atoms with E-state index < -0.39 is 7.12 Å². The van der Waals surface area contributed by atoms with Gasteiger partial charge in [0.25, 0.3) is 0 Å². The monoisotopic (exact) mass is 153 g/mol. The van der Waals surface area contributed by atoms with E-state index in [1.165, 1.54) is 0 Å². The van der Waals surface area contributed by atoms with Gasteiger partial charge >= 0.3 is 7.12 Å². The van der Waals surface area contributed by atoms with E-state index in [9.17, 15) is 0 Å². The quantitative estimate of drug-likeness (QED) is 0.516. The minimum Gasteiger partial charge on any atom is -0.423 e. The SMILES string of the molecule is CC(C)c1c[nH]cc1B(O)O. The van der Waals surface area contributed by atoms with Crippen LogP contribution in [0.4, 0.5) is 0 Å². The highest BCUT2D eigenvalue weighted by molar-refractivity contribution is 6.59. The summed E-state index contributed by atoms with van der Waals surface area (Å²) in [5, 5.41) is 17.8. The fraction of sp³-hybridized carbons (Fsp3) is 0.429. The highest BCUT2D eigenvalue weighted by Crippen LogP contribution is 2.10. The third-order valence-corrected chi connectivity index (χ3v) is 1.71. The van der Waals surface area contributed by atoms with Crippen molar-refractivity contribution in [3.05, 3.63) is 18.0 Å². The van der Waals surface area contributed by atoms with Gasteiger partial charge in [0.2, 0.25) is 0 Å². The summed E-state index contributed by atoms with van der Waals surface area (Å²) in [5.74, 6) is 0.318. The smallest absolute Gasteiger partial charge is 0.423 e. The van der Waals surface area contributed by atoms with Gasteiger partial charge in [0, 0.05) is 17.9 Å². The van der Waals surface area contributed by atoms with Crippen molar-refractivity contribution in [2.75, 3.05) is 0 Å². The van der Waals surface area contributed by atoms with Crippen LogP contribution in [-0.2, 0) is 0 Å². The number of aromatic amines is 1. The third-order valence-electron chi connectivity index (χ3n) is 1.71. The van der Waals surface area contributed by atoms with Gasteiger partial charge < -0.3 is 15.0 Å². The predicted molar refractivity (Wildman–Crippen MR) is 44.7 cm³/mol. The van der Waals surface area contributed by atoms with E-state index in [1.807, 2.05) is 13.8 Å². The van der Waals surface area contributed by atoms with Gasteiger partial charge in [-0.2, -0.15) is 0 Å². The van der Waals surface area contributed by atoms with Crippen molar-refractivity contribution in [1.82, 2.24) is 4.98 Å². The van der Waals surface area contributed by atoms with Gasteiger partial charge in [-0.25, -0.2) is 0 Å². The minimum atomic E-state index is -1.36. The molecule has 4 heteroatoms. The first-order valence-electron chi connectivity index (χ1n) is 3.65. The highest BCUT2D eigenvalue weighted by Gasteiger charge is 2.17. The maximum Gasteiger partial charge on any atom is 0.490 e. The van der Waals surface area contributed by atoms with Crippen LogP contribution in [0, 0.1) is 0 Å². The molecule has 0 aliphatic rings. The molecule has 60 valence electrons. The lowest BCUT2D eigenvalue weighted by atomic mass is 9.77. The molecule has 0 fully saturated rings. The number of rotatable bonds is 2. The Morgan fingerprint density at radius 3 is 2.36 bits per heavy atom. The zero-order valence-corrected chi connectivity index (χ0v) is 6.70. The lowest BCUT2D eigenvalue weighted by Crippen LogP contribution is -2.31. The van der Waals surface area contributed by atoms with Gasteiger partial charge in [0.05, 0.1) is 0 Å². The highest BCUT2D eigenvalue weighted by atomic mass is 16.4. The number of hydrogen-bond acceptors (Lipinski definition) is 2. The van der Waals surface area contributed by atoms with E-state index in [2.05, 4.69) is 4.98 Å². The van der Waals surface area contributed by atoms with Crippen molar-refractivity contribution in [2.24, 2.45) is 0 Å². The molecule has 1 heterocycles. The molecule has 0 amide bonds. The Bertz CT molecular complexity index is 210. The Kier molecular flexibility index (Phi) is 2.36. The first-order valence-corrected chi connectivity index (χ1v) is 3.65. The van der Waals surface area contributed by atoms with Gasteiger partial charge in [-0.1, -0.05) is 13.8 Å². The maximum atomic E-state index is 8.88. The van der Waals surface area contributed by atoms with E-state index in [1.54, 1.807) is 12.4 Å². The molecule has 0 radical (unpaired) electrons. The molecule has 0 spiro atoms. The van der Waals surface area contributed by atoms with Gasteiger partial charge in [0.15, 0.2) is 0 Å². The van der Waals surface area contributed by atoms with Crippen LogP contribution in [0.1, 0.15) is 25.3 Å². The maximum absolute atomic E-state index is 8.88. The summed E-state index contributed by atoms with van der Waals surface area (Å²) >= 11 is 0. The van der Waals surface area contributed by atoms with E-state index in [0.29, 0.717) is 11.4 Å². The zero-order chi connectivity index (χ0) is 8.43. The van der Waals surface area contributed by atoms with Gasteiger partial charge in [-0.3, -0.25) is 0 Å². The standard InChI is InChI=1S/C7H12BNO2/c1-5(2)6-3-9-4-7(6)8(10)11/h3-5,9-11H,1-2H3. The topological polar surface area (TPSA) is 56.2 Å². The molecule has 0 aliphatic carbocycles. The van der Waals surface area contributed by atoms with Crippen molar-refractivity contribution in [3.8, 4) is 0 Å². The molecule has 1 rings (SSSR count). The molecule has 0 atom stereocenters. The van der Waals surface area contributed by atoms with E-state index >= 15 is 0 Å². The number of aromatic nitrogens is 1. The Balaban J connectivity index is 2.96. The van der Waals surface area contributed by atoms with Crippen LogP contribution in [0.25, 0.3) is 0 Å². The molecule has 0 aromatic carbocycles. The lowest BCUT2D eigenvalue weighted by Gasteiger charge is -2.04. The van der Waals surface area contributed by atoms with Crippen LogP contribution in [0.5, 0.6) is 0 Å². The predicted octanol–water partition coefficient (Wildman–Crippen LogP) is -0.182. The second-order valence-corrected chi connectivity index (χ2v) is 2.89. The fourth-order valence-electron chi connectivity index (χ4n) is 1.11. The Morgan fingerprint density at radius 1 is 1.36 bits per heavy atom. The molecule has 0 unspecified atom stereocenters. The molecular formula is C7H12BNO2. The third kappa shape index (κ3) is 1.64. The van der Waals surface area contributed by atoms with Crippen molar-refractivity contribution >= 4 is 12.6 Å². The molecule has 1 aromatic rings. The average Bonchev–Trinajstić information content (AvgIpc) is 2.32. The van der Waals surface area contributed by atoms with Crippen LogP contribution in [0.15, 0.2) is 12.4 Å². The molecule has 3 nitrogen and oxygen atoms in total. The summed E-state index contributed by atoms with van der Waals surface area (Å²) in [6.07, 6.45) is 3.40. The van der Waals surface area contributed by atoms with Gasteiger partial charge in [-0.05, 0) is 11.5 Å². The molecule has 0 aliphatic heterocycles. The van der Waals surface area contributed by atoms with Crippen molar-refractivity contribution in [1.29, 1.82) is 0 Å². The van der Waals surface area contributed by atoms with Crippen molar-refractivity contribution in [3.63, 3.8) is 0 Å². The largest absolute Gasteiger partial charge is 0.490 e. The van der Waals surface area contributed by atoms with E-state index in [4.69, 9.17) is 10.0 Å². The average molecular weight is 153 g/mol. The Hall–Kier alpha value is -0.735. The van der Waals surface area contributed by atoms with Crippen molar-refractivity contribution in [2.45, 2.75) is 19.8 Å². The minimum absolute atomic E-state index is 0.318. The molecule has 1 aromatic heterocycles. The summed E-state index contributed by atoms with van der Waals surface area (Å²) in [5.41, 5.74) is 1.53. The van der Waals surface area contributed by atoms with Crippen molar-refractivity contribution < 1.29 is 10.0 Å². The second-order valence-electron chi connectivity index (χ2n) is 2.89. The molecule has 0 saturated heterocycles. The van der Waals surface area contributed by atoms with Crippen LogP contribution >= 0.6 is 0 Å². The van der Waals surface area contributed by atoms with Crippen LogP contribution in [-0.4, -0.2) is 22.2 Å². The molecular weight excluding hydrogens is 141 g/mol. The second kappa shape index (κ2) is 3.11. The zero-order valence-electron chi connectivity index (χ0n) is 6.70. The lowest BCUT2D eigenvalue weighted by molar-refractivity contribution is 0.425. The molecule has 0 saturated carbocycles. The van der Waals surface area contributed by atoms with Crippen LogP contribution < -0.4 is 5.46 Å². The number of hydrogen-bond donors (Lipinski definition) is 3. The first-order chi connectivity index (χ1) is 5.13. The molecule has 0 bridgehead atoms. The van der Waals surface area contributed by atoms with E-state index in [0.717, 1.165) is 5.56 Å². The summed E-state index contributed by atoms with van der Waals surface area (Å²) in [7, 11) is -1.36. The summed E-state index contributed by atoms with van der Waals surface area (Å²) < 4.78 is 0. The van der Waals surface area contributed by atoms with Crippen LogP contribution in [0.3, 0.4) is 0 Å². The normalized spacial score (nSPS) is 10.6. The summed E-state index contributed by atoms with van der Waals surface area (Å²) in [6.45, 7) is 4.02. The van der Waals surface area contributed by atoms with Gasteiger partial charge in [-0.15, -0.1) is 0 Å². The van der Waals surface area contributed by atoms with E-state index in [-0.39, 0.29) is 0 Å². The Labute approximate surface area is 66.2 Å². The van der Waals surface area contributed by atoms with Crippen LogP contribution in [0.2, 0.25) is 0 Å². The summed E-state index contributed by atoms with van der Waals surface area (Å²) in [6, 6.07) is 0. The number of H-pyrrole nitrogens is 1. The fourth-order valence-corrected chi connectivity index (χ4v) is 1.11.